The molecule has 2 amide bonds. The molecule has 2 unspecified atom stereocenters. The smallest absolute Gasteiger partial charge is 0.246 e. The second-order valence-electron chi connectivity index (χ2n) is 6.12. The molecule has 18 heavy (non-hydrogen) atoms. The first-order chi connectivity index (χ1) is 8.32. The lowest BCUT2D eigenvalue weighted by Crippen LogP contribution is -2.66. The first-order valence-electron chi connectivity index (χ1n) is 6.93. The lowest BCUT2D eigenvalue weighted by atomic mass is 9.83. The van der Waals surface area contributed by atoms with E-state index in [1.54, 1.807) is 4.90 Å². The van der Waals surface area contributed by atoms with Gasteiger partial charge in [-0.05, 0) is 18.3 Å². The van der Waals surface area contributed by atoms with Gasteiger partial charge in [-0.1, -0.05) is 41.0 Å². The summed E-state index contributed by atoms with van der Waals surface area (Å²) in [5, 5.41) is 2.88. The van der Waals surface area contributed by atoms with Gasteiger partial charge >= 0.3 is 0 Å². The first kappa shape index (κ1) is 15.0. The molecular weight excluding hydrogens is 228 g/mol. The molecule has 104 valence electrons. The normalized spacial score (nSPS) is 25.3. The molecule has 0 bridgehead atoms. The molecule has 1 rings (SSSR count). The van der Waals surface area contributed by atoms with Gasteiger partial charge in [0.1, 0.15) is 12.1 Å². The van der Waals surface area contributed by atoms with E-state index in [1.165, 1.54) is 0 Å². The molecule has 1 N–H and O–H groups in total. The molecule has 1 saturated heterocycles. The fourth-order valence-electron chi connectivity index (χ4n) is 2.35. The zero-order valence-corrected chi connectivity index (χ0v) is 12.2. The summed E-state index contributed by atoms with van der Waals surface area (Å²) in [4.78, 5) is 26.4. The number of carbonyl (C=O) groups excluding carboxylic acids is 2. The minimum atomic E-state index is -0.398. The number of piperazine rings is 1. The number of amides is 2. The molecule has 0 saturated carbocycles. The van der Waals surface area contributed by atoms with Crippen molar-refractivity contribution in [3.63, 3.8) is 0 Å². The van der Waals surface area contributed by atoms with Crippen LogP contribution in [0.5, 0.6) is 0 Å². The predicted molar refractivity (Wildman–Crippen MR) is 72.1 cm³/mol. The van der Waals surface area contributed by atoms with E-state index in [0.29, 0.717) is 13.0 Å². The van der Waals surface area contributed by atoms with Crippen molar-refractivity contribution in [2.75, 3.05) is 6.54 Å². The van der Waals surface area contributed by atoms with E-state index in [1.807, 2.05) is 27.7 Å². The molecule has 0 aliphatic carbocycles. The highest BCUT2D eigenvalue weighted by Gasteiger charge is 2.44. The van der Waals surface area contributed by atoms with E-state index in [-0.39, 0.29) is 23.3 Å². The largest absolute Gasteiger partial charge is 0.342 e. The Morgan fingerprint density at radius 3 is 2.28 bits per heavy atom. The summed E-state index contributed by atoms with van der Waals surface area (Å²) < 4.78 is 0. The summed E-state index contributed by atoms with van der Waals surface area (Å²) in [5.41, 5.74) is -0.240. The van der Waals surface area contributed by atoms with Gasteiger partial charge in [-0.15, -0.1) is 0 Å². The van der Waals surface area contributed by atoms with Gasteiger partial charge in [-0.25, -0.2) is 0 Å². The van der Waals surface area contributed by atoms with Gasteiger partial charge in [-0.3, -0.25) is 9.59 Å². The van der Waals surface area contributed by atoms with Gasteiger partial charge in [-0.2, -0.15) is 0 Å². The van der Waals surface area contributed by atoms with E-state index in [4.69, 9.17) is 0 Å². The summed E-state index contributed by atoms with van der Waals surface area (Å²) >= 11 is 0. The van der Waals surface area contributed by atoms with Gasteiger partial charge < -0.3 is 10.2 Å². The molecule has 1 aliphatic rings. The van der Waals surface area contributed by atoms with Crippen molar-refractivity contribution in [1.82, 2.24) is 10.2 Å². The third kappa shape index (κ3) is 3.03. The summed E-state index contributed by atoms with van der Waals surface area (Å²) in [6, 6.07) is -0.688. The first-order valence-corrected chi connectivity index (χ1v) is 6.93. The maximum Gasteiger partial charge on any atom is 0.246 e. The molecule has 1 heterocycles. The van der Waals surface area contributed by atoms with Crippen molar-refractivity contribution in [2.24, 2.45) is 5.41 Å². The average molecular weight is 254 g/mol. The molecule has 0 aromatic rings. The second kappa shape index (κ2) is 5.72. The predicted octanol–water partition coefficient (Wildman–Crippen LogP) is 1.94. The Kier molecular flexibility index (Phi) is 4.77. The Labute approximate surface area is 110 Å². The molecule has 1 aliphatic heterocycles. The summed E-state index contributed by atoms with van der Waals surface area (Å²) in [6.07, 6.45) is 2.66. The molecule has 0 aromatic heterocycles. The van der Waals surface area contributed by atoms with Crippen molar-refractivity contribution in [3.05, 3.63) is 0 Å². The van der Waals surface area contributed by atoms with Crippen LogP contribution in [0.1, 0.15) is 53.9 Å². The van der Waals surface area contributed by atoms with Crippen LogP contribution in [0.3, 0.4) is 0 Å². The van der Waals surface area contributed by atoms with Crippen molar-refractivity contribution in [2.45, 2.75) is 66.0 Å². The Morgan fingerprint density at radius 2 is 1.83 bits per heavy atom. The zero-order chi connectivity index (χ0) is 13.9. The molecule has 1 fully saturated rings. The number of hydrogen-bond donors (Lipinski definition) is 1. The summed E-state index contributed by atoms with van der Waals surface area (Å²) in [6.45, 7) is 10.7. The molecule has 4 heteroatoms. The molecule has 0 radical (unpaired) electrons. The molecule has 0 aromatic carbocycles. The van der Waals surface area contributed by atoms with Gasteiger partial charge in [0.2, 0.25) is 11.8 Å². The number of nitrogens with one attached hydrogen (secondary N) is 1. The Balaban J connectivity index is 2.93. The third-order valence-electron chi connectivity index (χ3n) is 3.50. The second-order valence-corrected chi connectivity index (χ2v) is 6.12. The molecule has 2 atom stereocenters. The van der Waals surface area contributed by atoms with E-state index < -0.39 is 6.04 Å². The number of rotatable bonds is 4. The van der Waals surface area contributed by atoms with E-state index in [0.717, 1.165) is 12.8 Å². The SMILES string of the molecule is CCCCN1C(=O)C(C(C)(C)C)NC(=O)C1CC. The average Bonchev–Trinajstić information content (AvgIpc) is 2.28. The number of hydrogen-bond acceptors (Lipinski definition) is 2. The Hall–Kier alpha value is -1.06. The van der Waals surface area contributed by atoms with Crippen molar-refractivity contribution in [1.29, 1.82) is 0 Å². The quantitative estimate of drug-likeness (QED) is 0.833. The highest BCUT2D eigenvalue weighted by molar-refractivity contribution is 5.97. The zero-order valence-electron chi connectivity index (χ0n) is 12.2. The standard InChI is InChI=1S/C14H26N2O2/c1-6-8-9-16-10(7-2)12(17)15-11(13(16)18)14(3,4)5/h10-11H,6-9H2,1-5H3,(H,15,17). The van der Waals surface area contributed by atoms with Crippen LogP contribution in [0.15, 0.2) is 0 Å². The van der Waals surface area contributed by atoms with Crippen LogP contribution in [0, 0.1) is 5.41 Å². The van der Waals surface area contributed by atoms with Crippen molar-refractivity contribution >= 4 is 11.8 Å². The summed E-state index contributed by atoms with van der Waals surface area (Å²) in [7, 11) is 0. The number of unbranched alkanes of at least 4 members (excludes halogenated alkanes) is 1. The minimum absolute atomic E-state index is 0.00636. The van der Waals surface area contributed by atoms with Crippen LogP contribution in [-0.4, -0.2) is 35.3 Å². The van der Waals surface area contributed by atoms with E-state index in [2.05, 4.69) is 12.2 Å². The highest BCUT2D eigenvalue weighted by atomic mass is 16.2. The minimum Gasteiger partial charge on any atom is -0.342 e. The Bertz CT molecular complexity index is 320. The molecular formula is C14H26N2O2. The monoisotopic (exact) mass is 254 g/mol. The lowest BCUT2D eigenvalue weighted by molar-refractivity contribution is -0.152. The highest BCUT2D eigenvalue weighted by Crippen LogP contribution is 2.26. The van der Waals surface area contributed by atoms with E-state index >= 15 is 0 Å². The maximum atomic E-state index is 12.5. The van der Waals surface area contributed by atoms with Crippen LogP contribution >= 0.6 is 0 Å². The summed E-state index contributed by atoms with van der Waals surface area (Å²) in [5.74, 6) is 0.0653. The fraction of sp³-hybridized carbons (Fsp3) is 0.857. The topological polar surface area (TPSA) is 49.4 Å². The van der Waals surface area contributed by atoms with Crippen molar-refractivity contribution < 1.29 is 9.59 Å². The third-order valence-corrected chi connectivity index (χ3v) is 3.50. The van der Waals surface area contributed by atoms with Gasteiger partial charge in [0.25, 0.3) is 0 Å². The van der Waals surface area contributed by atoms with Crippen LogP contribution in [0.2, 0.25) is 0 Å². The van der Waals surface area contributed by atoms with Crippen molar-refractivity contribution in [3.8, 4) is 0 Å². The fourth-order valence-corrected chi connectivity index (χ4v) is 2.35. The molecule has 0 spiro atoms. The molecule has 4 nitrogen and oxygen atoms in total. The van der Waals surface area contributed by atoms with Gasteiger partial charge in [0, 0.05) is 6.54 Å². The number of nitrogens with zero attached hydrogens (tertiary/aromatic N) is 1. The van der Waals surface area contributed by atoms with Gasteiger partial charge in [0.05, 0.1) is 0 Å². The van der Waals surface area contributed by atoms with E-state index in [9.17, 15) is 9.59 Å². The maximum absolute atomic E-state index is 12.5. The van der Waals surface area contributed by atoms with Crippen LogP contribution < -0.4 is 5.32 Å². The Morgan fingerprint density at radius 1 is 1.22 bits per heavy atom. The van der Waals surface area contributed by atoms with Crippen LogP contribution in [-0.2, 0) is 9.59 Å². The lowest BCUT2D eigenvalue weighted by Gasteiger charge is -2.43. The van der Waals surface area contributed by atoms with Crippen LogP contribution in [0.4, 0.5) is 0 Å². The number of carbonyl (C=O) groups is 2. The van der Waals surface area contributed by atoms with Crippen LogP contribution in [0.25, 0.3) is 0 Å². The van der Waals surface area contributed by atoms with Gasteiger partial charge in [0.15, 0.2) is 0 Å².